The fourth-order valence-electron chi connectivity index (χ4n) is 4.90. The third-order valence-electron chi connectivity index (χ3n) is 6.57. The normalized spacial score (nSPS) is 25.7. The predicted octanol–water partition coefficient (Wildman–Crippen LogP) is 4.64. The Kier molecular flexibility index (Phi) is 4.74. The number of anilines is 1. The summed E-state index contributed by atoms with van der Waals surface area (Å²) in [4.78, 5) is 32.3. The molecule has 31 heavy (non-hydrogen) atoms. The Bertz CT molecular complexity index is 1090. The summed E-state index contributed by atoms with van der Waals surface area (Å²) in [6, 6.07) is 28.6. The molecule has 0 saturated carbocycles. The van der Waals surface area contributed by atoms with Crippen LogP contribution >= 0.6 is 0 Å². The number of nitrogens with zero attached hydrogens (tertiary/aromatic N) is 3. The van der Waals surface area contributed by atoms with Gasteiger partial charge in [-0.15, -0.1) is 0 Å². The largest absolute Gasteiger partial charge is 0.323 e. The number of hydrogen-bond donors (Lipinski definition) is 0. The van der Waals surface area contributed by atoms with Crippen LogP contribution in [0, 0.1) is 0 Å². The Morgan fingerprint density at radius 2 is 1.13 bits per heavy atom. The van der Waals surface area contributed by atoms with Crippen LogP contribution in [0.5, 0.6) is 0 Å². The quantitative estimate of drug-likeness (QED) is 0.587. The molecule has 3 aromatic carbocycles. The Morgan fingerprint density at radius 3 is 1.68 bits per heavy atom. The molecule has 0 bridgehead atoms. The summed E-state index contributed by atoms with van der Waals surface area (Å²) < 4.78 is 0. The van der Waals surface area contributed by atoms with Crippen LogP contribution in [0.15, 0.2) is 91.0 Å². The number of carbonyl (C=O) groups is 2. The van der Waals surface area contributed by atoms with Crippen LogP contribution in [0.2, 0.25) is 0 Å². The van der Waals surface area contributed by atoms with E-state index in [0.29, 0.717) is 0 Å². The second-order valence-electron chi connectivity index (χ2n) is 8.24. The fraction of sp³-hybridized carbons (Fsp3) is 0.231. The first-order chi connectivity index (χ1) is 15.1. The van der Waals surface area contributed by atoms with E-state index in [0.717, 1.165) is 16.8 Å². The number of para-hydroxylation sites is 1. The summed E-state index contributed by atoms with van der Waals surface area (Å²) in [6.45, 7) is 2.05. The standard InChI is InChI=1S/C26H25N3O2/c1-18-22(19-12-6-3-7-13-19)29(26(31)27(18)2)24-23(20-14-8-4-9-15-20)28(25(24)30)21-16-10-5-11-17-21/h3-18,22-24H,1-2H3/t18-,22-,23-,24+/m0/s1. The molecule has 0 N–H and O–H groups in total. The van der Waals surface area contributed by atoms with Gasteiger partial charge in [-0.3, -0.25) is 4.79 Å². The minimum atomic E-state index is -0.548. The second kappa shape index (κ2) is 7.58. The molecule has 5 heteroatoms. The van der Waals surface area contributed by atoms with Crippen molar-refractivity contribution in [2.24, 2.45) is 0 Å². The molecule has 2 aliphatic rings. The molecule has 0 aromatic heterocycles. The monoisotopic (exact) mass is 411 g/mol. The van der Waals surface area contributed by atoms with Gasteiger partial charge in [0.2, 0.25) is 0 Å². The first-order valence-corrected chi connectivity index (χ1v) is 10.6. The van der Waals surface area contributed by atoms with Gasteiger partial charge in [0.25, 0.3) is 5.91 Å². The maximum Gasteiger partial charge on any atom is 0.321 e. The van der Waals surface area contributed by atoms with Crippen molar-refractivity contribution < 1.29 is 9.59 Å². The van der Waals surface area contributed by atoms with E-state index in [4.69, 9.17) is 0 Å². The van der Waals surface area contributed by atoms with Crippen LogP contribution in [0.25, 0.3) is 0 Å². The highest BCUT2D eigenvalue weighted by Gasteiger charge is 2.58. The van der Waals surface area contributed by atoms with Crippen LogP contribution in [-0.4, -0.2) is 40.9 Å². The zero-order chi connectivity index (χ0) is 21.5. The molecule has 2 aliphatic heterocycles. The summed E-state index contributed by atoms with van der Waals surface area (Å²) in [5.74, 6) is -0.0446. The highest BCUT2D eigenvalue weighted by molar-refractivity contribution is 6.07. The number of hydrogen-bond acceptors (Lipinski definition) is 2. The molecule has 0 aliphatic carbocycles. The van der Waals surface area contributed by atoms with Crippen LogP contribution in [0.3, 0.4) is 0 Å². The van der Waals surface area contributed by atoms with Gasteiger partial charge < -0.3 is 14.7 Å². The number of β-lactam (4-membered cyclic amide) rings is 1. The molecule has 0 unspecified atom stereocenters. The molecule has 0 radical (unpaired) electrons. The molecular formula is C26H25N3O2. The highest BCUT2D eigenvalue weighted by Crippen LogP contribution is 2.47. The van der Waals surface area contributed by atoms with E-state index in [-0.39, 0.29) is 30.1 Å². The van der Waals surface area contributed by atoms with E-state index in [9.17, 15) is 9.59 Å². The van der Waals surface area contributed by atoms with Crippen LogP contribution in [-0.2, 0) is 4.79 Å². The number of amides is 3. The number of carbonyl (C=O) groups excluding carboxylic acids is 2. The van der Waals surface area contributed by atoms with Crippen molar-refractivity contribution in [1.82, 2.24) is 9.80 Å². The Morgan fingerprint density at radius 1 is 0.645 bits per heavy atom. The summed E-state index contributed by atoms with van der Waals surface area (Å²) in [5, 5.41) is 0. The average Bonchev–Trinajstić information content (AvgIpc) is 3.03. The van der Waals surface area contributed by atoms with Gasteiger partial charge in [-0.25, -0.2) is 4.79 Å². The number of benzene rings is 3. The van der Waals surface area contributed by atoms with E-state index in [1.54, 1.807) is 9.80 Å². The van der Waals surface area contributed by atoms with Gasteiger partial charge in [0, 0.05) is 12.7 Å². The van der Waals surface area contributed by atoms with Gasteiger partial charge in [0.05, 0.1) is 18.1 Å². The SMILES string of the molecule is C[C@H]1[C@@H](c2ccccc2)N([C@H]2C(=O)N(c3ccccc3)[C@H]2c2ccccc2)C(=O)N1C. The molecule has 156 valence electrons. The molecule has 5 rings (SSSR count). The highest BCUT2D eigenvalue weighted by atomic mass is 16.2. The fourth-order valence-corrected chi connectivity index (χ4v) is 4.90. The number of likely N-dealkylation sites (N-methyl/N-ethyl adjacent to an activating group) is 1. The van der Waals surface area contributed by atoms with Gasteiger partial charge in [0.1, 0.15) is 6.04 Å². The first-order valence-electron chi connectivity index (χ1n) is 10.6. The van der Waals surface area contributed by atoms with Gasteiger partial charge >= 0.3 is 6.03 Å². The molecule has 4 atom stereocenters. The van der Waals surface area contributed by atoms with E-state index in [1.807, 2.05) is 110 Å². The zero-order valence-electron chi connectivity index (χ0n) is 17.6. The maximum atomic E-state index is 13.6. The van der Waals surface area contributed by atoms with Gasteiger partial charge in [0.15, 0.2) is 0 Å². The van der Waals surface area contributed by atoms with Crippen molar-refractivity contribution in [2.75, 3.05) is 11.9 Å². The lowest BCUT2D eigenvalue weighted by molar-refractivity contribution is -0.131. The molecule has 5 nitrogen and oxygen atoms in total. The smallest absolute Gasteiger partial charge is 0.321 e. The molecule has 0 spiro atoms. The third-order valence-corrected chi connectivity index (χ3v) is 6.57. The van der Waals surface area contributed by atoms with Crippen molar-refractivity contribution in [1.29, 1.82) is 0 Å². The summed E-state index contributed by atoms with van der Waals surface area (Å²) >= 11 is 0. The third kappa shape index (κ3) is 3.00. The molecule has 3 amide bonds. The van der Waals surface area contributed by atoms with Crippen molar-refractivity contribution >= 4 is 17.6 Å². The van der Waals surface area contributed by atoms with Crippen molar-refractivity contribution in [3.63, 3.8) is 0 Å². The summed E-state index contributed by atoms with van der Waals surface area (Å²) in [6.07, 6.45) is 0. The molecule has 3 aromatic rings. The topological polar surface area (TPSA) is 43.9 Å². The lowest BCUT2D eigenvalue weighted by atomic mass is 9.85. The lowest BCUT2D eigenvalue weighted by Gasteiger charge is -2.51. The zero-order valence-corrected chi connectivity index (χ0v) is 17.6. The van der Waals surface area contributed by atoms with Crippen molar-refractivity contribution in [3.05, 3.63) is 102 Å². The van der Waals surface area contributed by atoms with Crippen molar-refractivity contribution in [3.8, 4) is 0 Å². The summed E-state index contributed by atoms with van der Waals surface area (Å²) in [7, 11) is 1.82. The Labute approximate surface area is 182 Å². The molecular weight excluding hydrogens is 386 g/mol. The molecule has 2 fully saturated rings. The number of urea groups is 1. The Balaban J connectivity index is 1.60. The van der Waals surface area contributed by atoms with Crippen molar-refractivity contribution in [2.45, 2.75) is 31.1 Å². The molecule has 2 heterocycles. The van der Waals surface area contributed by atoms with Gasteiger partial charge in [-0.1, -0.05) is 78.9 Å². The van der Waals surface area contributed by atoms with Gasteiger partial charge in [-0.05, 0) is 30.2 Å². The second-order valence-corrected chi connectivity index (χ2v) is 8.24. The predicted molar refractivity (Wildman–Crippen MR) is 121 cm³/mol. The average molecular weight is 412 g/mol. The van der Waals surface area contributed by atoms with Crippen LogP contribution in [0.4, 0.5) is 10.5 Å². The van der Waals surface area contributed by atoms with Gasteiger partial charge in [-0.2, -0.15) is 0 Å². The minimum absolute atomic E-state index is 0.0371. The Hall–Kier alpha value is -3.60. The van der Waals surface area contributed by atoms with E-state index in [2.05, 4.69) is 0 Å². The maximum absolute atomic E-state index is 13.6. The number of rotatable bonds is 4. The first kappa shape index (κ1) is 19.4. The van der Waals surface area contributed by atoms with E-state index in [1.165, 1.54) is 0 Å². The summed E-state index contributed by atoms with van der Waals surface area (Å²) in [5.41, 5.74) is 2.92. The minimum Gasteiger partial charge on any atom is -0.323 e. The van der Waals surface area contributed by atoms with Crippen LogP contribution < -0.4 is 4.90 Å². The molecule has 2 saturated heterocycles. The van der Waals surface area contributed by atoms with E-state index >= 15 is 0 Å². The van der Waals surface area contributed by atoms with E-state index < -0.39 is 6.04 Å². The van der Waals surface area contributed by atoms with Crippen LogP contribution in [0.1, 0.15) is 30.1 Å². The lowest BCUT2D eigenvalue weighted by Crippen LogP contribution is -2.66.